The SMILES string of the molecule is CN(CCCN)S(=O)(=O)Nc1ccncc1Br. The van der Waals surface area contributed by atoms with Crippen molar-refractivity contribution in [3.05, 3.63) is 22.9 Å². The maximum atomic E-state index is 11.9. The summed E-state index contributed by atoms with van der Waals surface area (Å²) in [5, 5.41) is 0. The molecule has 0 aliphatic rings. The molecule has 0 saturated heterocycles. The fourth-order valence-electron chi connectivity index (χ4n) is 1.11. The molecule has 0 saturated carbocycles. The number of nitrogens with zero attached hydrogens (tertiary/aromatic N) is 2. The molecule has 0 aliphatic heterocycles. The van der Waals surface area contributed by atoms with Gasteiger partial charge in [-0.3, -0.25) is 9.71 Å². The van der Waals surface area contributed by atoms with Gasteiger partial charge in [0.2, 0.25) is 0 Å². The van der Waals surface area contributed by atoms with Gasteiger partial charge in [-0.25, -0.2) is 0 Å². The molecule has 0 aromatic carbocycles. The molecule has 6 nitrogen and oxygen atoms in total. The molecule has 1 rings (SSSR count). The summed E-state index contributed by atoms with van der Waals surface area (Å²) >= 11 is 3.22. The van der Waals surface area contributed by atoms with E-state index in [-0.39, 0.29) is 0 Å². The topological polar surface area (TPSA) is 88.3 Å². The molecule has 0 bridgehead atoms. The molecule has 3 N–H and O–H groups in total. The Labute approximate surface area is 110 Å². The van der Waals surface area contributed by atoms with Crippen molar-refractivity contribution < 1.29 is 8.42 Å². The van der Waals surface area contributed by atoms with Crippen molar-refractivity contribution in [2.75, 3.05) is 24.9 Å². The van der Waals surface area contributed by atoms with E-state index < -0.39 is 10.2 Å². The lowest BCUT2D eigenvalue weighted by Gasteiger charge is -2.18. The molecule has 0 fully saturated rings. The van der Waals surface area contributed by atoms with E-state index in [0.29, 0.717) is 29.7 Å². The first kappa shape index (κ1) is 14.4. The van der Waals surface area contributed by atoms with Gasteiger partial charge in [0, 0.05) is 26.0 Å². The number of nitrogens with two attached hydrogens (primary N) is 1. The number of anilines is 1. The van der Waals surface area contributed by atoms with Crippen molar-refractivity contribution in [1.82, 2.24) is 9.29 Å². The Morgan fingerprint density at radius 2 is 2.29 bits per heavy atom. The lowest BCUT2D eigenvalue weighted by Crippen LogP contribution is -2.34. The number of hydrogen-bond acceptors (Lipinski definition) is 4. The Balaban J connectivity index is 2.76. The monoisotopic (exact) mass is 322 g/mol. The van der Waals surface area contributed by atoms with E-state index in [0.717, 1.165) is 0 Å². The van der Waals surface area contributed by atoms with Crippen molar-refractivity contribution in [2.24, 2.45) is 5.73 Å². The van der Waals surface area contributed by atoms with Crippen LogP contribution in [0.3, 0.4) is 0 Å². The molecule has 1 aromatic heterocycles. The Bertz CT molecular complexity index is 466. The zero-order chi connectivity index (χ0) is 12.9. The minimum Gasteiger partial charge on any atom is -0.330 e. The molecular formula is C9H15BrN4O2S. The molecule has 0 spiro atoms. The van der Waals surface area contributed by atoms with Crippen LogP contribution in [0.2, 0.25) is 0 Å². The molecule has 96 valence electrons. The van der Waals surface area contributed by atoms with Crippen LogP contribution in [0.25, 0.3) is 0 Å². The number of aromatic nitrogens is 1. The third-order valence-electron chi connectivity index (χ3n) is 2.10. The highest BCUT2D eigenvalue weighted by atomic mass is 79.9. The summed E-state index contributed by atoms with van der Waals surface area (Å²) in [6.07, 6.45) is 3.66. The van der Waals surface area contributed by atoms with Gasteiger partial charge in [-0.15, -0.1) is 0 Å². The lowest BCUT2D eigenvalue weighted by atomic mass is 10.4. The number of nitrogens with one attached hydrogen (secondary N) is 1. The molecule has 0 atom stereocenters. The third kappa shape index (κ3) is 4.23. The van der Waals surface area contributed by atoms with Gasteiger partial charge in [-0.1, -0.05) is 0 Å². The molecule has 17 heavy (non-hydrogen) atoms. The lowest BCUT2D eigenvalue weighted by molar-refractivity contribution is 0.468. The van der Waals surface area contributed by atoms with Crippen molar-refractivity contribution >= 4 is 31.8 Å². The minimum atomic E-state index is -3.54. The normalized spacial score (nSPS) is 11.8. The summed E-state index contributed by atoms with van der Waals surface area (Å²) in [7, 11) is -2.03. The quantitative estimate of drug-likeness (QED) is 0.810. The molecule has 1 aromatic rings. The highest BCUT2D eigenvalue weighted by Crippen LogP contribution is 2.21. The van der Waals surface area contributed by atoms with E-state index in [1.165, 1.54) is 23.7 Å². The molecule has 0 amide bonds. The molecule has 1 heterocycles. The first-order valence-corrected chi connectivity index (χ1v) is 7.24. The van der Waals surface area contributed by atoms with E-state index in [2.05, 4.69) is 25.6 Å². The second kappa shape index (κ2) is 6.29. The average molecular weight is 323 g/mol. The van der Waals surface area contributed by atoms with Gasteiger partial charge in [0.25, 0.3) is 0 Å². The van der Waals surface area contributed by atoms with Crippen LogP contribution in [0.5, 0.6) is 0 Å². The molecule has 8 heteroatoms. The largest absolute Gasteiger partial charge is 0.330 e. The fourth-order valence-corrected chi connectivity index (χ4v) is 2.57. The highest BCUT2D eigenvalue weighted by Gasteiger charge is 2.17. The van der Waals surface area contributed by atoms with E-state index in [9.17, 15) is 8.42 Å². The summed E-state index contributed by atoms with van der Waals surface area (Å²) in [4.78, 5) is 3.86. The van der Waals surface area contributed by atoms with E-state index >= 15 is 0 Å². The van der Waals surface area contributed by atoms with Crippen LogP contribution in [-0.4, -0.2) is 37.8 Å². The number of hydrogen-bond donors (Lipinski definition) is 2. The van der Waals surface area contributed by atoms with Crippen molar-refractivity contribution in [1.29, 1.82) is 0 Å². The number of rotatable bonds is 6. The van der Waals surface area contributed by atoms with Crippen molar-refractivity contribution in [3.63, 3.8) is 0 Å². The Kier molecular flexibility index (Phi) is 5.31. The Hall–Kier alpha value is -0.700. The van der Waals surface area contributed by atoms with Crippen LogP contribution in [0.15, 0.2) is 22.9 Å². The van der Waals surface area contributed by atoms with Crippen molar-refractivity contribution in [3.8, 4) is 0 Å². The van der Waals surface area contributed by atoms with Gasteiger partial charge in [0.1, 0.15) is 0 Å². The van der Waals surface area contributed by atoms with Gasteiger partial charge in [-0.2, -0.15) is 12.7 Å². The second-order valence-electron chi connectivity index (χ2n) is 3.43. The maximum Gasteiger partial charge on any atom is 0.301 e. The Morgan fingerprint density at radius 3 is 2.88 bits per heavy atom. The van der Waals surface area contributed by atoms with Crippen LogP contribution in [-0.2, 0) is 10.2 Å². The number of halogens is 1. The predicted octanol–water partition coefficient (Wildman–Crippen LogP) is 0.781. The van der Waals surface area contributed by atoms with E-state index in [1.807, 2.05) is 0 Å². The first-order chi connectivity index (χ1) is 7.97. The zero-order valence-corrected chi connectivity index (χ0v) is 11.8. The van der Waals surface area contributed by atoms with Crippen LogP contribution in [0.1, 0.15) is 6.42 Å². The molecule has 0 radical (unpaired) electrons. The van der Waals surface area contributed by atoms with Crippen LogP contribution >= 0.6 is 15.9 Å². The van der Waals surface area contributed by atoms with Gasteiger partial charge in [0.15, 0.2) is 0 Å². The van der Waals surface area contributed by atoms with E-state index in [1.54, 1.807) is 6.07 Å². The van der Waals surface area contributed by atoms with Crippen LogP contribution in [0, 0.1) is 0 Å². The van der Waals surface area contributed by atoms with E-state index in [4.69, 9.17) is 5.73 Å². The average Bonchev–Trinajstić information content (AvgIpc) is 2.28. The van der Waals surface area contributed by atoms with Crippen LogP contribution < -0.4 is 10.5 Å². The fraction of sp³-hybridized carbons (Fsp3) is 0.444. The third-order valence-corrected chi connectivity index (χ3v) is 4.21. The maximum absolute atomic E-state index is 11.9. The van der Waals surface area contributed by atoms with Crippen molar-refractivity contribution in [2.45, 2.75) is 6.42 Å². The zero-order valence-electron chi connectivity index (χ0n) is 9.43. The minimum absolute atomic E-state index is 0.383. The number of pyridine rings is 1. The summed E-state index contributed by atoms with van der Waals surface area (Å²) in [5.41, 5.74) is 5.80. The van der Waals surface area contributed by atoms with Gasteiger partial charge >= 0.3 is 10.2 Å². The summed E-state index contributed by atoms with van der Waals surface area (Å²) in [6.45, 7) is 0.841. The van der Waals surface area contributed by atoms with Crippen LogP contribution in [0.4, 0.5) is 5.69 Å². The van der Waals surface area contributed by atoms with Gasteiger partial charge in [0.05, 0.1) is 10.2 Å². The smallest absolute Gasteiger partial charge is 0.301 e. The highest BCUT2D eigenvalue weighted by molar-refractivity contribution is 9.10. The predicted molar refractivity (Wildman–Crippen MR) is 70.8 cm³/mol. The summed E-state index contributed by atoms with van der Waals surface area (Å²) < 4.78 is 28.1. The summed E-state index contributed by atoms with van der Waals surface area (Å²) in [5.74, 6) is 0. The Morgan fingerprint density at radius 1 is 1.59 bits per heavy atom. The molecule has 0 unspecified atom stereocenters. The second-order valence-corrected chi connectivity index (χ2v) is 6.06. The molecule has 0 aliphatic carbocycles. The standard InChI is InChI=1S/C9H15BrN4O2S/c1-14(6-2-4-11)17(15,16)13-9-3-5-12-7-8(9)10/h3,5,7H,2,4,6,11H2,1H3,(H,12,13). The summed E-state index contributed by atoms with van der Waals surface area (Å²) in [6, 6.07) is 1.58. The van der Waals surface area contributed by atoms with Gasteiger partial charge < -0.3 is 5.73 Å². The first-order valence-electron chi connectivity index (χ1n) is 5.01. The van der Waals surface area contributed by atoms with Gasteiger partial charge in [-0.05, 0) is 35.0 Å². The molecular weight excluding hydrogens is 308 g/mol.